The molecule has 2 rings (SSSR count). The topological polar surface area (TPSA) is 67.4 Å². The number of rotatable bonds is 5. The second kappa shape index (κ2) is 8.57. The molecule has 2 aromatic carbocycles. The van der Waals surface area contributed by atoms with Gasteiger partial charge in [0.05, 0.1) is 22.7 Å². The largest absolute Gasteiger partial charge is 0.465 e. The molecule has 2 amide bonds. The van der Waals surface area contributed by atoms with E-state index in [1.54, 1.807) is 36.4 Å². The Balaban J connectivity index is 1.85. The van der Waals surface area contributed by atoms with Gasteiger partial charge in [-0.2, -0.15) is 0 Å². The first-order valence-corrected chi connectivity index (χ1v) is 7.92. The molecular formula is C17H16Cl2N2O3. The zero-order chi connectivity index (χ0) is 17.5. The van der Waals surface area contributed by atoms with Gasteiger partial charge in [0.15, 0.2) is 0 Å². The summed E-state index contributed by atoms with van der Waals surface area (Å²) in [4.78, 5) is 23.3. The molecule has 0 heterocycles. The molecule has 0 unspecified atom stereocenters. The number of esters is 1. The maximum atomic E-state index is 11.9. The third kappa shape index (κ3) is 5.15. The quantitative estimate of drug-likeness (QED) is 0.781. The summed E-state index contributed by atoms with van der Waals surface area (Å²) in [5.41, 5.74) is 1.84. The molecule has 0 aromatic heterocycles. The van der Waals surface area contributed by atoms with E-state index in [2.05, 4.69) is 15.4 Å². The molecule has 0 radical (unpaired) electrons. The van der Waals surface area contributed by atoms with Crippen LogP contribution in [0.5, 0.6) is 0 Å². The van der Waals surface area contributed by atoms with Crippen LogP contribution in [0.25, 0.3) is 0 Å². The van der Waals surface area contributed by atoms with E-state index in [9.17, 15) is 9.59 Å². The van der Waals surface area contributed by atoms with E-state index in [0.717, 1.165) is 5.56 Å². The third-order valence-corrected chi connectivity index (χ3v) is 3.96. The van der Waals surface area contributed by atoms with E-state index >= 15 is 0 Å². The summed E-state index contributed by atoms with van der Waals surface area (Å²) < 4.78 is 4.64. The highest BCUT2D eigenvalue weighted by Crippen LogP contribution is 2.22. The van der Waals surface area contributed by atoms with Crippen LogP contribution in [0, 0.1) is 0 Å². The molecular weight excluding hydrogens is 351 g/mol. The van der Waals surface area contributed by atoms with Gasteiger partial charge in [-0.3, -0.25) is 0 Å². The average molecular weight is 367 g/mol. The molecule has 0 saturated heterocycles. The van der Waals surface area contributed by atoms with Gasteiger partial charge in [0.2, 0.25) is 0 Å². The van der Waals surface area contributed by atoms with Crippen LogP contribution >= 0.6 is 23.2 Å². The van der Waals surface area contributed by atoms with Crippen molar-refractivity contribution >= 4 is 40.9 Å². The molecule has 126 valence electrons. The van der Waals surface area contributed by atoms with Crippen molar-refractivity contribution in [3.63, 3.8) is 0 Å². The molecule has 0 atom stereocenters. The summed E-state index contributed by atoms with van der Waals surface area (Å²) in [6.07, 6.45) is 0.618. The van der Waals surface area contributed by atoms with Crippen LogP contribution in [0.15, 0.2) is 42.5 Å². The molecule has 0 saturated carbocycles. The Hall–Kier alpha value is -2.24. The number of benzene rings is 2. The van der Waals surface area contributed by atoms with Crippen LogP contribution in [0.1, 0.15) is 15.9 Å². The van der Waals surface area contributed by atoms with E-state index in [1.165, 1.54) is 7.11 Å². The molecule has 5 nitrogen and oxygen atoms in total. The second-order valence-corrected chi connectivity index (χ2v) is 5.77. The van der Waals surface area contributed by atoms with Gasteiger partial charge in [0, 0.05) is 12.2 Å². The van der Waals surface area contributed by atoms with Crippen molar-refractivity contribution in [1.29, 1.82) is 0 Å². The minimum Gasteiger partial charge on any atom is -0.465 e. The van der Waals surface area contributed by atoms with Gasteiger partial charge in [-0.1, -0.05) is 35.3 Å². The molecule has 24 heavy (non-hydrogen) atoms. The van der Waals surface area contributed by atoms with Gasteiger partial charge in [-0.15, -0.1) is 0 Å². The van der Waals surface area contributed by atoms with E-state index in [1.807, 2.05) is 6.07 Å². The predicted octanol–water partition coefficient (Wildman–Crippen LogP) is 4.14. The zero-order valence-corrected chi connectivity index (χ0v) is 14.4. The molecule has 0 spiro atoms. The number of urea groups is 1. The highest BCUT2D eigenvalue weighted by atomic mass is 35.5. The highest BCUT2D eigenvalue weighted by Gasteiger charge is 2.07. The molecule has 0 aliphatic heterocycles. The lowest BCUT2D eigenvalue weighted by Crippen LogP contribution is -2.30. The molecule has 0 bridgehead atoms. The summed E-state index contributed by atoms with van der Waals surface area (Å²) >= 11 is 11.8. The average Bonchev–Trinajstić information content (AvgIpc) is 2.57. The second-order valence-electron chi connectivity index (χ2n) is 4.95. The first kappa shape index (κ1) is 18.1. The molecule has 0 aliphatic rings. The van der Waals surface area contributed by atoms with Crippen molar-refractivity contribution in [2.24, 2.45) is 0 Å². The number of hydrogen-bond donors (Lipinski definition) is 2. The lowest BCUT2D eigenvalue weighted by atomic mass is 10.1. The maximum absolute atomic E-state index is 11.9. The van der Waals surface area contributed by atoms with Crippen molar-refractivity contribution in [3.05, 3.63) is 63.6 Å². The minimum absolute atomic E-state index is 0.364. The molecule has 2 N–H and O–H groups in total. The number of ether oxygens (including phenoxy) is 1. The lowest BCUT2D eigenvalue weighted by Gasteiger charge is -2.09. The van der Waals surface area contributed by atoms with Crippen molar-refractivity contribution in [2.75, 3.05) is 19.0 Å². The van der Waals surface area contributed by atoms with Crippen LogP contribution < -0.4 is 10.6 Å². The zero-order valence-electron chi connectivity index (χ0n) is 12.9. The minimum atomic E-state index is -0.460. The van der Waals surface area contributed by atoms with Gasteiger partial charge < -0.3 is 15.4 Å². The highest BCUT2D eigenvalue weighted by molar-refractivity contribution is 6.42. The Kier molecular flexibility index (Phi) is 6.46. The van der Waals surface area contributed by atoms with Crippen LogP contribution in [0.3, 0.4) is 0 Å². The predicted molar refractivity (Wildman–Crippen MR) is 95.0 cm³/mol. The van der Waals surface area contributed by atoms with Gasteiger partial charge in [-0.25, -0.2) is 9.59 Å². The van der Waals surface area contributed by atoms with Crippen LogP contribution in [-0.2, 0) is 11.2 Å². The van der Waals surface area contributed by atoms with Crippen molar-refractivity contribution in [3.8, 4) is 0 Å². The van der Waals surface area contributed by atoms with Crippen LogP contribution in [0.4, 0.5) is 10.5 Å². The Morgan fingerprint density at radius 3 is 2.58 bits per heavy atom. The monoisotopic (exact) mass is 366 g/mol. The number of methoxy groups -OCH3 is 1. The van der Waals surface area contributed by atoms with Crippen molar-refractivity contribution in [1.82, 2.24) is 5.32 Å². The van der Waals surface area contributed by atoms with E-state index in [4.69, 9.17) is 23.2 Å². The SMILES string of the molecule is COC(=O)c1cccc(NC(=O)NCCc2ccc(Cl)c(Cl)c2)c1. The Bertz CT molecular complexity index is 750. The number of nitrogens with one attached hydrogen (secondary N) is 2. The summed E-state index contributed by atoms with van der Waals surface area (Å²) in [6, 6.07) is 11.5. The fraction of sp³-hybridized carbons (Fsp3) is 0.176. The number of halogens is 2. The number of carbonyl (C=O) groups is 2. The number of anilines is 1. The van der Waals surface area contributed by atoms with Gasteiger partial charge >= 0.3 is 12.0 Å². The van der Waals surface area contributed by atoms with Crippen LogP contribution in [0.2, 0.25) is 10.0 Å². The van der Waals surface area contributed by atoms with Crippen molar-refractivity contribution < 1.29 is 14.3 Å². The Morgan fingerprint density at radius 2 is 1.88 bits per heavy atom. The first-order valence-electron chi connectivity index (χ1n) is 7.17. The van der Waals surface area contributed by atoms with Gasteiger partial charge in [-0.05, 0) is 42.3 Å². The van der Waals surface area contributed by atoms with Gasteiger partial charge in [0.1, 0.15) is 0 Å². The van der Waals surface area contributed by atoms with Crippen LogP contribution in [-0.4, -0.2) is 25.7 Å². The number of amides is 2. The molecule has 0 aliphatic carbocycles. The molecule has 2 aromatic rings. The van der Waals surface area contributed by atoms with E-state index < -0.39 is 5.97 Å². The third-order valence-electron chi connectivity index (χ3n) is 3.22. The summed E-state index contributed by atoms with van der Waals surface area (Å²) in [5, 5.41) is 6.38. The summed E-state index contributed by atoms with van der Waals surface area (Å²) in [5.74, 6) is -0.460. The first-order chi connectivity index (χ1) is 11.5. The fourth-order valence-corrected chi connectivity index (χ4v) is 2.35. The standard InChI is InChI=1S/C17H16Cl2N2O3/c1-24-16(22)12-3-2-4-13(10-12)21-17(23)20-8-7-11-5-6-14(18)15(19)9-11/h2-6,9-10H,7-8H2,1H3,(H2,20,21,23). The van der Waals surface area contributed by atoms with E-state index in [-0.39, 0.29) is 6.03 Å². The normalized spacial score (nSPS) is 10.1. The fourth-order valence-electron chi connectivity index (χ4n) is 2.03. The smallest absolute Gasteiger partial charge is 0.337 e. The summed E-state index contributed by atoms with van der Waals surface area (Å²) in [7, 11) is 1.30. The lowest BCUT2D eigenvalue weighted by molar-refractivity contribution is 0.0600. The summed E-state index contributed by atoms with van der Waals surface area (Å²) in [6.45, 7) is 0.431. The number of carbonyl (C=O) groups excluding carboxylic acids is 2. The van der Waals surface area contributed by atoms with Crippen molar-refractivity contribution in [2.45, 2.75) is 6.42 Å². The van der Waals surface area contributed by atoms with Gasteiger partial charge in [0.25, 0.3) is 0 Å². The van der Waals surface area contributed by atoms with E-state index in [0.29, 0.717) is 34.3 Å². The maximum Gasteiger partial charge on any atom is 0.337 e. The Labute approximate surface area is 149 Å². The molecule has 0 fully saturated rings. The molecule has 7 heteroatoms. The Morgan fingerprint density at radius 1 is 1.08 bits per heavy atom. The number of hydrogen-bond acceptors (Lipinski definition) is 3.